The molecule has 0 radical (unpaired) electrons. The van der Waals surface area contributed by atoms with Crippen molar-refractivity contribution in [3.8, 4) is 145 Å². The summed E-state index contributed by atoms with van der Waals surface area (Å²) in [5.41, 5.74) is 39.2. The molecular formula is C120H78N4. The highest BCUT2D eigenvalue weighted by Crippen LogP contribution is 2.48. The molecule has 20 aromatic carbocycles. The van der Waals surface area contributed by atoms with Crippen molar-refractivity contribution in [1.82, 2.24) is 18.3 Å². The number of fused-ring (bicyclic) bond motifs is 12. The van der Waals surface area contributed by atoms with E-state index in [0.29, 0.717) is 0 Å². The fourth-order valence-corrected chi connectivity index (χ4v) is 19.7. The molecule has 0 amide bonds. The van der Waals surface area contributed by atoms with Crippen molar-refractivity contribution in [1.29, 1.82) is 0 Å². The van der Waals surface area contributed by atoms with Crippen molar-refractivity contribution in [2.75, 3.05) is 0 Å². The SMILES string of the molecule is c1ccc(-c2ccc(-c3cc(-n4c5ccccc5c5cc(-n6c7ccccc7c7cc(-c8cc(-c9ccccc9)cc(-c9cc(-c%10ccc(-n%11c%12ccccc%12c%12cc(-n%13c%14ccccc%14c%14ccccc%14%13)ccc%12%11)cc%10)cc(-c%10cccc(-c%11ccccc%11)c%10)c9)c8)ccc76)ccc54)cc(-c4ccc(-c5ccccc5)cc4)c3-c3ccccc3)cc2)cc1. The van der Waals surface area contributed by atoms with Gasteiger partial charge in [-0.15, -0.1) is 0 Å². The molecule has 4 heteroatoms. The fourth-order valence-electron chi connectivity index (χ4n) is 19.7. The molecular weight excluding hydrogens is 1500 g/mol. The molecule has 0 aliphatic rings. The Bertz CT molecular complexity index is 8120. The summed E-state index contributed by atoms with van der Waals surface area (Å²) in [4.78, 5) is 0. The van der Waals surface area contributed by atoms with Gasteiger partial charge in [0.25, 0.3) is 0 Å². The van der Waals surface area contributed by atoms with Crippen LogP contribution >= 0.6 is 0 Å². The minimum atomic E-state index is 1.09. The smallest absolute Gasteiger partial charge is 0.0542 e. The Morgan fingerprint density at radius 1 is 0.105 bits per heavy atom. The van der Waals surface area contributed by atoms with Crippen LogP contribution in [0.4, 0.5) is 0 Å². The quantitative estimate of drug-likeness (QED) is 0.0975. The van der Waals surface area contributed by atoms with Crippen LogP contribution in [0, 0.1) is 0 Å². The van der Waals surface area contributed by atoms with Crippen molar-refractivity contribution in [2.24, 2.45) is 0 Å². The van der Waals surface area contributed by atoms with Crippen LogP contribution in [0.25, 0.3) is 232 Å². The maximum atomic E-state index is 2.50. The van der Waals surface area contributed by atoms with E-state index in [1.165, 1.54) is 98.6 Å². The van der Waals surface area contributed by atoms with E-state index in [9.17, 15) is 0 Å². The molecule has 0 aliphatic carbocycles. The Hall–Kier alpha value is -16.4. The largest absolute Gasteiger partial charge is 0.309 e. The summed E-state index contributed by atoms with van der Waals surface area (Å²) in [7, 11) is 0. The van der Waals surface area contributed by atoms with Crippen molar-refractivity contribution in [2.45, 2.75) is 0 Å². The minimum absolute atomic E-state index is 1.09. The molecule has 0 saturated heterocycles. The lowest BCUT2D eigenvalue weighted by Gasteiger charge is -2.20. The standard InChI is InChI=1S/C120H78N4/c1-6-27-79(28-7-1)83-49-53-86(54-50-83)107-77-101(78-108(120(107)88-35-14-5-15-36-88)87-55-51-84(52-56-87)80-29-8-2-9-30-80)124-116-48-25-20-43-106(116)111-76-100(63-66-119(111)124)123-115-47-24-18-41-104(115)109-74-91(59-64-117(109)123)95-68-92(82-33-12-4-13-34-82)70-96(73-95)97-71-93(69-94(72-97)90-38-26-37-89(67-90)81-31-10-3-11-32-81)85-57-60-98(61-58-85)121-114-46-23-19-42-105(114)110-75-99(62-65-118(110)121)122-112-44-21-16-39-102(112)103-40-17-22-45-113(103)122/h1-78H. The fraction of sp³-hybridized carbons (Fsp3) is 0. The number of nitrogens with zero attached hydrogens (tertiary/aromatic N) is 4. The normalized spacial score (nSPS) is 11.7. The second-order valence-electron chi connectivity index (χ2n) is 32.7. The van der Waals surface area contributed by atoms with Crippen molar-refractivity contribution < 1.29 is 0 Å². The van der Waals surface area contributed by atoms with Gasteiger partial charge < -0.3 is 18.3 Å². The van der Waals surface area contributed by atoms with E-state index in [-0.39, 0.29) is 0 Å². The van der Waals surface area contributed by atoms with Gasteiger partial charge in [-0.2, -0.15) is 0 Å². The first-order valence-electron chi connectivity index (χ1n) is 42.7. The van der Waals surface area contributed by atoms with E-state index in [2.05, 4.69) is 491 Å². The topological polar surface area (TPSA) is 19.7 Å². The highest BCUT2D eigenvalue weighted by atomic mass is 15.0. The third-order valence-electron chi connectivity index (χ3n) is 25.5. The average Bonchev–Trinajstić information content (AvgIpc) is 1.53. The molecule has 0 bridgehead atoms. The summed E-state index contributed by atoms with van der Waals surface area (Å²) in [5, 5.41) is 9.67. The zero-order valence-electron chi connectivity index (χ0n) is 67.8. The molecule has 0 spiro atoms. The lowest BCUT2D eigenvalue weighted by molar-refractivity contribution is 1.17. The zero-order valence-corrected chi connectivity index (χ0v) is 67.8. The van der Waals surface area contributed by atoms with E-state index in [1.54, 1.807) is 0 Å². The molecule has 0 aliphatic heterocycles. The lowest BCUT2D eigenvalue weighted by Crippen LogP contribution is -1.99. The van der Waals surface area contributed by atoms with E-state index >= 15 is 0 Å². The van der Waals surface area contributed by atoms with Gasteiger partial charge in [0.15, 0.2) is 0 Å². The molecule has 4 aromatic heterocycles. The summed E-state index contributed by atoms with van der Waals surface area (Å²) >= 11 is 0. The first kappa shape index (κ1) is 71.7. The third-order valence-corrected chi connectivity index (χ3v) is 25.5. The number of para-hydroxylation sites is 5. The lowest BCUT2D eigenvalue weighted by atomic mass is 9.86. The minimum Gasteiger partial charge on any atom is -0.309 e. The number of hydrogen-bond acceptors (Lipinski definition) is 0. The van der Waals surface area contributed by atoms with Gasteiger partial charge in [-0.3, -0.25) is 0 Å². The Balaban J connectivity index is 0.632. The molecule has 24 rings (SSSR count). The maximum Gasteiger partial charge on any atom is 0.0542 e. The molecule has 0 fully saturated rings. The van der Waals surface area contributed by atoms with E-state index < -0.39 is 0 Å². The van der Waals surface area contributed by atoms with Crippen LogP contribution in [0.2, 0.25) is 0 Å². The molecule has 0 unspecified atom stereocenters. The van der Waals surface area contributed by atoms with Crippen LogP contribution in [0.15, 0.2) is 473 Å². The van der Waals surface area contributed by atoms with Gasteiger partial charge in [0.05, 0.1) is 44.1 Å². The highest BCUT2D eigenvalue weighted by Gasteiger charge is 2.25. The number of benzene rings is 20. The first-order valence-corrected chi connectivity index (χ1v) is 42.7. The zero-order chi connectivity index (χ0) is 81.7. The second kappa shape index (κ2) is 29.8. The third kappa shape index (κ3) is 12.4. The molecule has 0 N–H and O–H groups in total. The number of rotatable bonds is 15. The Morgan fingerprint density at radius 3 is 0.726 bits per heavy atom. The summed E-state index contributed by atoms with van der Waals surface area (Å²) in [6.45, 7) is 0. The van der Waals surface area contributed by atoms with Crippen LogP contribution in [0.5, 0.6) is 0 Å². The van der Waals surface area contributed by atoms with Gasteiger partial charge in [0.1, 0.15) is 0 Å². The molecule has 4 nitrogen and oxygen atoms in total. The van der Waals surface area contributed by atoms with Crippen LogP contribution < -0.4 is 0 Å². The summed E-state index contributed by atoms with van der Waals surface area (Å²) in [5.74, 6) is 0. The van der Waals surface area contributed by atoms with Gasteiger partial charge in [-0.05, 0) is 268 Å². The number of hydrogen-bond donors (Lipinski definition) is 0. The van der Waals surface area contributed by atoms with Crippen LogP contribution in [0.1, 0.15) is 0 Å². The van der Waals surface area contributed by atoms with Gasteiger partial charge >= 0.3 is 0 Å². The molecule has 24 aromatic rings. The highest BCUT2D eigenvalue weighted by molar-refractivity contribution is 6.15. The molecule has 4 heterocycles. The van der Waals surface area contributed by atoms with Gasteiger partial charge in [-0.1, -0.05) is 328 Å². The first-order chi connectivity index (χ1) is 61.5. The van der Waals surface area contributed by atoms with Crippen molar-refractivity contribution >= 4 is 87.2 Å². The summed E-state index contributed by atoms with van der Waals surface area (Å²) in [6.07, 6.45) is 0. The summed E-state index contributed by atoms with van der Waals surface area (Å²) < 4.78 is 9.83. The molecule has 124 heavy (non-hydrogen) atoms. The molecule has 0 saturated carbocycles. The molecule has 578 valence electrons. The van der Waals surface area contributed by atoms with E-state index in [1.807, 2.05) is 0 Å². The molecule has 0 atom stereocenters. The van der Waals surface area contributed by atoms with E-state index in [4.69, 9.17) is 0 Å². The maximum absolute atomic E-state index is 2.50. The summed E-state index contributed by atoms with van der Waals surface area (Å²) in [6, 6.07) is 175. The van der Waals surface area contributed by atoms with Gasteiger partial charge in [0, 0.05) is 65.8 Å². The average molecular weight is 1580 g/mol. The van der Waals surface area contributed by atoms with Crippen LogP contribution in [0.3, 0.4) is 0 Å². The second-order valence-corrected chi connectivity index (χ2v) is 32.7. The number of aromatic nitrogens is 4. The monoisotopic (exact) mass is 1570 g/mol. The Morgan fingerprint density at radius 2 is 0.323 bits per heavy atom. The van der Waals surface area contributed by atoms with Crippen LogP contribution in [-0.2, 0) is 0 Å². The predicted octanol–water partition coefficient (Wildman–Crippen LogP) is 32.4. The van der Waals surface area contributed by atoms with Gasteiger partial charge in [0.2, 0.25) is 0 Å². The Labute approximate surface area is 718 Å². The van der Waals surface area contributed by atoms with Crippen molar-refractivity contribution in [3.63, 3.8) is 0 Å². The van der Waals surface area contributed by atoms with Crippen molar-refractivity contribution in [3.05, 3.63) is 473 Å². The van der Waals surface area contributed by atoms with E-state index in [0.717, 1.165) is 134 Å². The van der Waals surface area contributed by atoms with Gasteiger partial charge in [-0.25, -0.2) is 0 Å². The predicted molar refractivity (Wildman–Crippen MR) is 524 cm³/mol. The Kier molecular flexibility index (Phi) is 17.2. The van der Waals surface area contributed by atoms with Crippen LogP contribution in [-0.4, -0.2) is 18.3 Å².